The summed E-state index contributed by atoms with van der Waals surface area (Å²) in [5.41, 5.74) is 4.70. The zero-order chi connectivity index (χ0) is 26.5. The van der Waals surface area contributed by atoms with Gasteiger partial charge in [0.15, 0.2) is 9.84 Å². The normalized spacial score (nSPS) is 18.8. The number of H-pyrrole nitrogens is 1. The number of aromatic nitrogens is 1. The van der Waals surface area contributed by atoms with Crippen molar-refractivity contribution in [3.8, 4) is 0 Å². The molecule has 2 aromatic carbocycles. The Hall–Kier alpha value is -2.37. The molecule has 3 heterocycles. The van der Waals surface area contributed by atoms with Crippen LogP contribution in [-0.2, 0) is 26.6 Å². The zero-order valence-corrected chi connectivity index (χ0v) is 23.5. The minimum atomic E-state index is -3.74. The molecular weight excluding hydrogens is 532 g/mol. The molecule has 5 rings (SSSR count). The number of nitrogens with zero attached hydrogens (tertiary/aromatic N) is 3. The highest BCUT2D eigenvalue weighted by atomic mass is 35.5. The largest absolute Gasteiger partial charge is 0.361 e. The summed E-state index contributed by atoms with van der Waals surface area (Å²) in [5, 5.41) is 1.84. The highest BCUT2D eigenvalue weighted by molar-refractivity contribution is 7.91. The number of aromatic amines is 1. The van der Waals surface area contributed by atoms with Crippen LogP contribution in [-0.4, -0.2) is 69.5 Å². The summed E-state index contributed by atoms with van der Waals surface area (Å²) in [6.45, 7) is 6.19. The van der Waals surface area contributed by atoms with Crippen LogP contribution in [0.3, 0.4) is 0 Å². The van der Waals surface area contributed by atoms with Crippen molar-refractivity contribution in [3.05, 3.63) is 64.8 Å². The molecule has 0 saturated carbocycles. The predicted octanol–water partition coefficient (Wildman–Crippen LogP) is 4.29. The monoisotopic (exact) mass is 562 g/mol. The molecule has 0 aliphatic carbocycles. The van der Waals surface area contributed by atoms with Gasteiger partial charge >= 0.3 is 10.2 Å². The summed E-state index contributed by atoms with van der Waals surface area (Å²) in [6.07, 6.45) is 6.24. The van der Waals surface area contributed by atoms with Crippen LogP contribution in [0.5, 0.6) is 0 Å². The summed E-state index contributed by atoms with van der Waals surface area (Å²) in [7, 11) is -7.14. The fourth-order valence-electron chi connectivity index (χ4n) is 5.10. The van der Waals surface area contributed by atoms with Gasteiger partial charge in [0.05, 0.1) is 10.6 Å². The topological polar surface area (TPSA) is 93.8 Å². The lowest BCUT2D eigenvalue weighted by Crippen LogP contribution is -2.52. The van der Waals surface area contributed by atoms with E-state index in [1.807, 2.05) is 38.2 Å². The Morgan fingerprint density at radius 2 is 1.89 bits per heavy atom. The molecule has 198 valence electrons. The van der Waals surface area contributed by atoms with E-state index < -0.39 is 20.0 Å². The first-order chi connectivity index (χ1) is 17.4. The molecule has 1 N–H and O–H groups in total. The van der Waals surface area contributed by atoms with E-state index in [9.17, 15) is 16.8 Å². The molecule has 0 unspecified atom stereocenters. The second-order valence-corrected chi connectivity index (χ2v) is 14.2. The van der Waals surface area contributed by atoms with E-state index in [1.54, 1.807) is 12.1 Å². The molecular formula is C26H31ClN4O4S2. The van der Waals surface area contributed by atoms with Crippen LogP contribution < -0.4 is 4.31 Å². The molecule has 1 aromatic heterocycles. The first-order valence-electron chi connectivity index (χ1n) is 12.3. The third-order valence-corrected chi connectivity index (χ3v) is 10.6. The van der Waals surface area contributed by atoms with Crippen LogP contribution in [0.4, 0.5) is 5.69 Å². The van der Waals surface area contributed by atoms with E-state index >= 15 is 0 Å². The number of benzene rings is 2. The summed E-state index contributed by atoms with van der Waals surface area (Å²) in [4.78, 5) is 5.73. The Kier molecular flexibility index (Phi) is 6.91. The van der Waals surface area contributed by atoms with Gasteiger partial charge in [0.25, 0.3) is 0 Å². The van der Waals surface area contributed by atoms with Crippen molar-refractivity contribution >= 4 is 53.8 Å². The number of hydrogen-bond donors (Lipinski definition) is 1. The summed E-state index contributed by atoms with van der Waals surface area (Å²) in [5.74, 6) is 0. The number of anilines is 1. The number of fused-ring (bicyclic) bond motifs is 2. The maximum Gasteiger partial charge on any atom is 0.304 e. The molecule has 0 atom stereocenters. The highest BCUT2D eigenvalue weighted by Gasteiger charge is 2.38. The van der Waals surface area contributed by atoms with Crippen molar-refractivity contribution < 1.29 is 16.8 Å². The molecule has 0 spiro atoms. The lowest BCUT2D eigenvalue weighted by atomic mass is 9.99. The smallest absolute Gasteiger partial charge is 0.304 e. The molecule has 3 aromatic rings. The molecule has 2 aliphatic heterocycles. The van der Waals surface area contributed by atoms with E-state index in [0.29, 0.717) is 22.8 Å². The molecule has 0 radical (unpaired) electrons. The van der Waals surface area contributed by atoms with Crippen molar-refractivity contribution in [1.29, 1.82) is 0 Å². The molecule has 0 fully saturated rings. The summed E-state index contributed by atoms with van der Waals surface area (Å²) < 4.78 is 54.1. The maximum absolute atomic E-state index is 13.5. The van der Waals surface area contributed by atoms with Crippen molar-refractivity contribution in [2.75, 3.05) is 36.7 Å². The molecule has 37 heavy (non-hydrogen) atoms. The fourth-order valence-corrected chi connectivity index (χ4v) is 7.77. The van der Waals surface area contributed by atoms with Gasteiger partial charge in [0, 0.05) is 72.7 Å². The molecule has 2 aliphatic rings. The van der Waals surface area contributed by atoms with E-state index in [2.05, 4.69) is 16.0 Å². The van der Waals surface area contributed by atoms with Crippen molar-refractivity contribution in [1.82, 2.24) is 14.2 Å². The van der Waals surface area contributed by atoms with Gasteiger partial charge < -0.3 is 4.98 Å². The molecule has 8 nitrogen and oxygen atoms in total. The van der Waals surface area contributed by atoms with Gasteiger partial charge in [0.2, 0.25) is 0 Å². The summed E-state index contributed by atoms with van der Waals surface area (Å²) >= 11 is 6.12. The zero-order valence-electron chi connectivity index (χ0n) is 21.1. The van der Waals surface area contributed by atoms with Crippen LogP contribution in [0.15, 0.2) is 53.6 Å². The Bertz CT molecular complexity index is 1600. The molecule has 0 saturated heterocycles. The maximum atomic E-state index is 13.5. The molecule has 0 bridgehead atoms. The van der Waals surface area contributed by atoms with Gasteiger partial charge in [-0.3, -0.25) is 9.21 Å². The van der Waals surface area contributed by atoms with Crippen LogP contribution in [0.25, 0.3) is 16.5 Å². The van der Waals surface area contributed by atoms with Crippen LogP contribution in [0.2, 0.25) is 5.02 Å². The van der Waals surface area contributed by atoms with Crippen molar-refractivity contribution in [2.45, 2.75) is 37.8 Å². The number of sulfone groups is 1. The first-order valence-corrected chi connectivity index (χ1v) is 15.9. The average molecular weight is 563 g/mol. The number of halogens is 1. The van der Waals surface area contributed by atoms with Gasteiger partial charge in [-0.15, -0.1) is 0 Å². The van der Waals surface area contributed by atoms with Gasteiger partial charge in [-0.2, -0.15) is 12.7 Å². The SMILES string of the molecule is CC(C)N1Cc2cc(S(C)(=O)=O)ccc2N(CCN2CC=C(c3c[nH]c4cc(Cl)ccc34)CC2)S1(=O)=O. The molecule has 0 amide bonds. The van der Waals surface area contributed by atoms with Gasteiger partial charge in [-0.25, -0.2) is 8.42 Å². The van der Waals surface area contributed by atoms with E-state index in [1.165, 1.54) is 25.8 Å². The Balaban J connectivity index is 1.36. The number of rotatable bonds is 6. The predicted molar refractivity (Wildman–Crippen MR) is 149 cm³/mol. The van der Waals surface area contributed by atoms with Crippen molar-refractivity contribution in [2.24, 2.45) is 0 Å². The minimum absolute atomic E-state index is 0.154. The van der Waals surface area contributed by atoms with Gasteiger partial charge in [-0.1, -0.05) is 23.7 Å². The fraction of sp³-hybridized carbons (Fsp3) is 0.385. The second kappa shape index (κ2) is 9.74. The van der Waals surface area contributed by atoms with Crippen LogP contribution in [0, 0.1) is 0 Å². The van der Waals surface area contributed by atoms with Gasteiger partial charge in [0.1, 0.15) is 0 Å². The minimum Gasteiger partial charge on any atom is -0.361 e. The Morgan fingerprint density at radius 1 is 1.11 bits per heavy atom. The lowest BCUT2D eigenvalue weighted by molar-refractivity contribution is 0.305. The van der Waals surface area contributed by atoms with Crippen molar-refractivity contribution in [3.63, 3.8) is 0 Å². The standard InChI is InChI=1S/C26H31ClN4O4S2/c1-18(2)31-17-20-14-22(36(3,32)33)5-7-26(20)30(37(31,34)35)13-12-29-10-8-19(9-11-29)24-16-28-25-15-21(27)4-6-23(24)25/h4-8,14-16,18,28H,9-13,17H2,1-3H3. The first kappa shape index (κ1) is 26.2. The lowest BCUT2D eigenvalue weighted by Gasteiger charge is -2.40. The number of nitrogens with one attached hydrogen (secondary N) is 1. The third-order valence-electron chi connectivity index (χ3n) is 7.13. The number of hydrogen-bond acceptors (Lipinski definition) is 5. The van der Waals surface area contributed by atoms with Crippen LogP contribution in [0.1, 0.15) is 31.4 Å². The Morgan fingerprint density at radius 3 is 2.57 bits per heavy atom. The summed E-state index contributed by atoms with van der Waals surface area (Å²) in [6, 6.07) is 10.3. The van der Waals surface area contributed by atoms with E-state index in [0.717, 1.165) is 36.7 Å². The van der Waals surface area contributed by atoms with Crippen LogP contribution >= 0.6 is 11.6 Å². The Labute approximate surface area is 223 Å². The molecule has 11 heteroatoms. The van der Waals surface area contributed by atoms with E-state index in [4.69, 9.17) is 11.6 Å². The van der Waals surface area contributed by atoms with Gasteiger partial charge in [-0.05, 0) is 61.7 Å². The second-order valence-electron chi connectivity index (χ2n) is 9.95. The third kappa shape index (κ3) is 5.05. The van der Waals surface area contributed by atoms with E-state index in [-0.39, 0.29) is 24.0 Å². The quantitative estimate of drug-likeness (QED) is 0.484. The average Bonchev–Trinajstić information content (AvgIpc) is 3.25. The highest BCUT2D eigenvalue weighted by Crippen LogP contribution is 2.35.